The van der Waals surface area contributed by atoms with Crippen molar-refractivity contribution >= 4 is 21.9 Å². The van der Waals surface area contributed by atoms with Crippen molar-refractivity contribution in [1.82, 2.24) is 9.97 Å². The van der Waals surface area contributed by atoms with E-state index in [1.54, 1.807) is 18.2 Å². The molecule has 4 heteroatoms. The number of aromatic nitrogens is 2. The summed E-state index contributed by atoms with van der Waals surface area (Å²) in [5.41, 5.74) is 5.99. The predicted octanol–water partition coefficient (Wildman–Crippen LogP) is 7.08. The molecule has 6 aromatic rings. The molecule has 152 valence electrons. The van der Waals surface area contributed by atoms with Gasteiger partial charge in [0.05, 0.1) is 11.3 Å². The van der Waals surface area contributed by atoms with E-state index in [9.17, 15) is 5.11 Å². The molecule has 0 aliphatic rings. The van der Waals surface area contributed by atoms with Crippen LogP contribution in [0.3, 0.4) is 0 Å². The molecule has 32 heavy (non-hydrogen) atoms. The number of hydrogen-bond donors (Lipinski definition) is 1. The van der Waals surface area contributed by atoms with E-state index in [0.717, 1.165) is 38.7 Å². The number of benzene rings is 4. The standard InChI is InChI=1S/C28H18N2O2/c31-24-13-4-3-11-23(24)28-30-27-22(12-6-14-25(27)32-28)19-8-5-9-20(17-19)26-21-10-2-1-7-18(21)15-16-29-26/h1-17,31H. The normalized spacial score (nSPS) is 11.2. The summed E-state index contributed by atoms with van der Waals surface area (Å²) < 4.78 is 5.99. The van der Waals surface area contributed by atoms with E-state index in [1.807, 2.05) is 54.7 Å². The summed E-state index contributed by atoms with van der Waals surface area (Å²) in [5, 5.41) is 12.5. The summed E-state index contributed by atoms with van der Waals surface area (Å²) in [4.78, 5) is 9.40. The van der Waals surface area contributed by atoms with Gasteiger partial charge in [0.25, 0.3) is 0 Å². The first-order valence-corrected chi connectivity index (χ1v) is 10.4. The molecule has 1 N–H and O–H groups in total. The first-order valence-electron chi connectivity index (χ1n) is 10.4. The lowest BCUT2D eigenvalue weighted by molar-refractivity contribution is 0.474. The number of hydrogen-bond acceptors (Lipinski definition) is 4. The number of aromatic hydroxyl groups is 1. The van der Waals surface area contributed by atoms with Crippen LogP contribution in [0.25, 0.3) is 55.7 Å². The van der Waals surface area contributed by atoms with Gasteiger partial charge in [0.15, 0.2) is 5.58 Å². The molecular weight excluding hydrogens is 396 g/mol. The third-order valence-corrected chi connectivity index (χ3v) is 5.67. The molecule has 0 fully saturated rings. The number of nitrogens with zero attached hydrogens (tertiary/aromatic N) is 2. The molecule has 0 bridgehead atoms. The number of fused-ring (bicyclic) bond motifs is 2. The molecule has 0 aliphatic carbocycles. The molecule has 2 heterocycles. The number of oxazole rings is 1. The van der Waals surface area contributed by atoms with Crippen molar-refractivity contribution in [3.8, 4) is 39.6 Å². The van der Waals surface area contributed by atoms with Crippen LogP contribution in [0.15, 0.2) is 108 Å². The van der Waals surface area contributed by atoms with Crippen molar-refractivity contribution in [1.29, 1.82) is 0 Å². The zero-order valence-electron chi connectivity index (χ0n) is 17.1. The Morgan fingerprint density at radius 2 is 1.47 bits per heavy atom. The van der Waals surface area contributed by atoms with Crippen LogP contribution in [-0.2, 0) is 0 Å². The second kappa shape index (κ2) is 7.36. The monoisotopic (exact) mass is 414 g/mol. The second-order valence-electron chi connectivity index (χ2n) is 7.65. The molecule has 0 spiro atoms. The Morgan fingerprint density at radius 3 is 2.41 bits per heavy atom. The molecule has 0 unspecified atom stereocenters. The maximum Gasteiger partial charge on any atom is 0.231 e. The van der Waals surface area contributed by atoms with Crippen molar-refractivity contribution in [2.24, 2.45) is 0 Å². The SMILES string of the molecule is Oc1ccccc1-c1nc2c(-c3cccc(-c4nccc5ccccc45)c3)cccc2o1. The van der Waals surface area contributed by atoms with Crippen molar-refractivity contribution in [3.05, 3.63) is 103 Å². The zero-order valence-corrected chi connectivity index (χ0v) is 17.1. The molecule has 6 rings (SSSR count). The van der Waals surface area contributed by atoms with E-state index in [-0.39, 0.29) is 5.75 Å². The molecule has 0 saturated carbocycles. The zero-order chi connectivity index (χ0) is 21.5. The average Bonchev–Trinajstić information content (AvgIpc) is 3.28. The first-order chi connectivity index (χ1) is 15.8. The predicted molar refractivity (Wildman–Crippen MR) is 127 cm³/mol. The van der Waals surface area contributed by atoms with E-state index in [1.165, 1.54) is 0 Å². The molecular formula is C28H18N2O2. The van der Waals surface area contributed by atoms with E-state index in [4.69, 9.17) is 9.40 Å². The molecule has 0 atom stereocenters. The van der Waals surface area contributed by atoms with Gasteiger partial charge in [-0.05, 0) is 41.3 Å². The van der Waals surface area contributed by atoms with Crippen LogP contribution in [-0.4, -0.2) is 15.1 Å². The quantitative estimate of drug-likeness (QED) is 0.336. The summed E-state index contributed by atoms with van der Waals surface area (Å²) in [6.07, 6.45) is 1.85. The van der Waals surface area contributed by atoms with Crippen LogP contribution in [0.1, 0.15) is 0 Å². The van der Waals surface area contributed by atoms with Gasteiger partial charge in [0, 0.05) is 22.7 Å². The lowest BCUT2D eigenvalue weighted by Gasteiger charge is -2.08. The fourth-order valence-corrected chi connectivity index (χ4v) is 4.13. The van der Waals surface area contributed by atoms with Gasteiger partial charge in [-0.2, -0.15) is 0 Å². The van der Waals surface area contributed by atoms with Crippen LogP contribution in [0.5, 0.6) is 5.75 Å². The highest BCUT2D eigenvalue weighted by Gasteiger charge is 2.15. The minimum Gasteiger partial charge on any atom is -0.507 e. The highest BCUT2D eigenvalue weighted by Crippen LogP contribution is 2.36. The molecule has 0 amide bonds. The Bertz CT molecular complexity index is 1600. The van der Waals surface area contributed by atoms with E-state index in [0.29, 0.717) is 17.0 Å². The van der Waals surface area contributed by atoms with Crippen molar-refractivity contribution in [2.75, 3.05) is 0 Å². The largest absolute Gasteiger partial charge is 0.507 e. The van der Waals surface area contributed by atoms with E-state index >= 15 is 0 Å². The van der Waals surface area contributed by atoms with Gasteiger partial charge in [-0.1, -0.05) is 66.7 Å². The molecule has 4 aromatic carbocycles. The summed E-state index contributed by atoms with van der Waals surface area (Å²) in [6.45, 7) is 0. The molecule has 0 saturated heterocycles. The minimum atomic E-state index is 0.143. The number of para-hydroxylation sites is 2. The van der Waals surface area contributed by atoms with Gasteiger partial charge in [0.2, 0.25) is 5.89 Å². The average molecular weight is 414 g/mol. The van der Waals surface area contributed by atoms with Crippen molar-refractivity contribution in [3.63, 3.8) is 0 Å². The van der Waals surface area contributed by atoms with Crippen molar-refractivity contribution in [2.45, 2.75) is 0 Å². The fourth-order valence-electron chi connectivity index (χ4n) is 4.13. The maximum absolute atomic E-state index is 10.2. The Kier molecular flexibility index (Phi) is 4.22. The smallest absolute Gasteiger partial charge is 0.231 e. The fraction of sp³-hybridized carbons (Fsp3) is 0. The highest BCUT2D eigenvalue weighted by atomic mass is 16.3. The molecule has 0 radical (unpaired) electrons. The van der Waals surface area contributed by atoms with Gasteiger partial charge in [-0.25, -0.2) is 4.98 Å². The Morgan fingerprint density at radius 1 is 0.688 bits per heavy atom. The topological polar surface area (TPSA) is 59.2 Å². The van der Waals surface area contributed by atoms with Gasteiger partial charge < -0.3 is 9.52 Å². The van der Waals surface area contributed by atoms with Crippen LogP contribution >= 0.6 is 0 Å². The van der Waals surface area contributed by atoms with Gasteiger partial charge in [-0.15, -0.1) is 0 Å². The van der Waals surface area contributed by atoms with Crippen molar-refractivity contribution < 1.29 is 9.52 Å². The Balaban J connectivity index is 1.51. The van der Waals surface area contributed by atoms with Crippen LogP contribution in [0.4, 0.5) is 0 Å². The summed E-state index contributed by atoms with van der Waals surface area (Å²) >= 11 is 0. The molecule has 0 aliphatic heterocycles. The van der Waals surface area contributed by atoms with E-state index in [2.05, 4.69) is 35.3 Å². The lowest BCUT2D eigenvalue weighted by Crippen LogP contribution is -1.87. The second-order valence-corrected chi connectivity index (χ2v) is 7.65. The summed E-state index contributed by atoms with van der Waals surface area (Å²) in [6, 6.07) is 31.6. The third kappa shape index (κ3) is 3.01. The van der Waals surface area contributed by atoms with Crippen LogP contribution in [0.2, 0.25) is 0 Å². The van der Waals surface area contributed by atoms with Crippen LogP contribution < -0.4 is 0 Å². The van der Waals surface area contributed by atoms with Gasteiger partial charge in [-0.3, -0.25) is 4.98 Å². The number of pyridine rings is 1. The Hall–Kier alpha value is -4.44. The van der Waals surface area contributed by atoms with Gasteiger partial charge in [0.1, 0.15) is 11.3 Å². The Labute approximate surface area is 184 Å². The van der Waals surface area contributed by atoms with E-state index < -0.39 is 0 Å². The third-order valence-electron chi connectivity index (χ3n) is 5.67. The summed E-state index contributed by atoms with van der Waals surface area (Å²) in [5.74, 6) is 0.544. The summed E-state index contributed by atoms with van der Waals surface area (Å²) in [7, 11) is 0. The maximum atomic E-state index is 10.2. The highest BCUT2D eigenvalue weighted by molar-refractivity contribution is 5.97. The number of phenolic OH excluding ortho intramolecular Hbond substituents is 1. The minimum absolute atomic E-state index is 0.143. The first kappa shape index (κ1) is 18.3. The number of rotatable bonds is 3. The number of phenols is 1. The van der Waals surface area contributed by atoms with Crippen LogP contribution in [0, 0.1) is 0 Å². The van der Waals surface area contributed by atoms with Gasteiger partial charge >= 0.3 is 0 Å². The molecule has 2 aromatic heterocycles. The lowest BCUT2D eigenvalue weighted by atomic mass is 9.98. The molecule has 4 nitrogen and oxygen atoms in total.